The van der Waals surface area contributed by atoms with Gasteiger partial charge in [-0.25, -0.2) is 0 Å². The van der Waals surface area contributed by atoms with Gasteiger partial charge in [0.05, 0.1) is 11.7 Å². The molecule has 1 fully saturated rings. The van der Waals surface area contributed by atoms with Gasteiger partial charge in [-0.15, -0.1) is 0 Å². The number of pyridine rings is 1. The van der Waals surface area contributed by atoms with Crippen molar-refractivity contribution in [1.82, 2.24) is 19.8 Å². The Morgan fingerprint density at radius 2 is 2.22 bits per heavy atom. The van der Waals surface area contributed by atoms with E-state index in [2.05, 4.69) is 46.1 Å². The molecule has 4 nitrogen and oxygen atoms in total. The van der Waals surface area contributed by atoms with Crippen LogP contribution in [0, 0.1) is 0 Å². The molecule has 1 unspecified atom stereocenters. The highest BCUT2D eigenvalue weighted by Crippen LogP contribution is 2.28. The molecule has 96 valence electrons. The zero-order valence-corrected chi connectivity index (χ0v) is 11.1. The summed E-state index contributed by atoms with van der Waals surface area (Å²) in [5.41, 5.74) is 2.62. The van der Waals surface area contributed by atoms with Crippen molar-refractivity contribution >= 4 is 10.9 Å². The van der Waals surface area contributed by atoms with Crippen molar-refractivity contribution in [2.24, 2.45) is 7.05 Å². The Hall–Kier alpha value is -1.39. The van der Waals surface area contributed by atoms with E-state index in [1.165, 1.54) is 16.5 Å². The summed E-state index contributed by atoms with van der Waals surface area (Å²) in [5.74, 6) is 0. The van der Waals surface area contributed by atoms with Crippen molar-refractivity contribution in [3.05, 3.63) is 30.2 Å². The number of aryl methyl sites for hydroxylation is 1. The van der Waals surface area contributed by atoms with Crippen LogP contribution in [0.15, 0.2) is 24.7 Å². The van der Waals surface area contributed by atoms with Gasteiger partial charge < -0.3 is 14.8 Å². The van der Waals surface area contributed by atoms with Crippen LogP contribution in [0.4, 0.5) is 0 Å². The maximum atomic E-state index is 4.21. The standard InChI is InChI=1S/C14H20N4/c1-17-7-4-13(16-6-8-17)12-10-18(2)14-9-15-5-3-11(12)14/h3,5,9-10,13,16H,4,6-8H2,1-2H3. The zero-order chi connectivity index (χ0) is 12.5. The van der Waals surface area contributed by atoms with E-state index in [-0.39, 0.29) is 0 Å². The van der Waals surface area contributed by atoms with E-state index in [0.717, 1.165) is 26.1 Å². The molecule has 1 N–H and O–H groups in total. The average Bonchev–Trinajstić information content (AvgIpc) is 2.57. The van der Waals surface area contributed by atoms with Crippen LogP contribution in [0.25, 0.3) is 10.9 Å². The summed E-state index contributed by atoms with van der Waals surface area (Å²) in [5, 5.41) is 4.99. The summed E-state index contributed by atoms with van der Waals surface area (Å²) in [6, 6.07) is 2.59. The Bertz CT molecular complexity index is 546. The highest BCUT2D eigenvalue weighted by molar-refractivity contribution is 5.83. The maximum Gasteiger partial charge on any atom is 0.0667 e. The first-order chi connectivity index (χ1) is 8.75. The van der Waals surface area contributed by atoms with Gasteiger partial charge in [-0.1, -0.05) is 0 Å². The molecule has 4 heteroatoms. The number of hydrogen-bond donors (Lipinski definition) is 1. The van der Waals surface area contributed by atoms with Crippen LogP contribution < -0.4 is 5.32 Å². The summed E-state index contributed by atoms with van der Waals surface area (Å²) >= 11 is 0. The number of fused-ring (bicyclic) bond motifs is 1. The summed E-state index contributed by atoms with van der Waals surface area (Å²) in [6.45, 7) is 3.34. The fourth-order valence-corrected chi connectivity index (χ4v) is 2.80. The van der Waals surface area contributed by atoms with Gasteiger partial charge in [0, 0.05) is 44.0 Å². The zero-order valence-electron chi connectivity index (χ0n) is 11.1. The minimum absolute atomic E-state index is 0.459. The van der Waals surface area contributed by atoms with E-state index in [1.807, 2.05) is 12.4 Å². The third-order valence-corrected chi connectivity index (χ3v) is 3.88. The molecule has 0 amide bonds. The van der Waals surface area contributed by atoms with E-state index in [1.54, 1.807) is 0 Å². The molecular weight excluding hydrogens is 224 g/mol. The van der Waals surface area contributed by atoms with E-state index in [4.69, 9.17) is 0 Å². The molecule has 1 aliphatic rings. The van der Waals surface area contributed by atoms with Crippen LogP contribution >= 0.6 is 0 Å². The van der Waals surface area contributed by atoms with E-state index >= 15 is 0 Å². The molecule has 2 aromatic heterocycles. The lowest BCUT2D eigenvalue weighted by atomic mass is 10.0. The lowest BCUT2D eigenvalue weighted by Gasteiger charge is -2.15. The molecule has 3 heterocycles. The lowest BCUT2D eigenvalue weighted by molar-refractivity contribution is 0.355. The predicted molar refractivity (Wildman–Crippen MR) is 73.6 cm³/mol. The third kappa shape index (κ3) is 2.02. The highest BCUT2D eigenvalue weighted by atomic mass is 15.1. The van der Waals surface area contributed by atoms with Crippen LogP contribution in [0.2, 0.25) is 0 Å². The van der Waals surface area contributed by atoms with Gasteiger partial charge in [-0.2, -0.15) is 0 Å². The van der Waals surface area contributed by atoms with Crippen LogP contribution in [0.5, 0.6) is 0 Å². The topological polar surface area (TPSA) is 33.1 Å². The molecule has 1 aliphatic heterocycles. The first kappa shape index (κ1) is 11.7. The number of rotatable bonds is 1. The van der Waals surface area contributed by atoms with Crippen molar-refractivity contribution in [2.75, 3.05) is 26.7 Å². The summed E-state index contributed by atoms with van der Waals surface area (Å²) in [6.07, 6.45) is 7.24. The van der Waals surface area contributed by atoms with Gasteiger partial charge in [0.15, 0.2) is 0 Å². The van der Waals surface area contributed by atoms with Gasteiger partial charge >= 0.3 is 0 Å². The second kappa shape index (κ2) is 4.71. The van der Waals surface area contributed by atoms with Crippen molar-refractivity contribution in [1.29, 1.82) is 0 Å². The van der Waals surface area contributed by atoms with Gasteiger partial charge in [-0.3, -0.25) is 4.98 Å². The Balaban J connectivity index is 1.98. The third-order valence-electron chi connectivity index (χ3n) is 3.88. The molecule has 0 aromatic carbocycles. The Kier molecular flexibility index (Phi) is 3.06. The Morgan fingerprint density at radius 3 is 3.11 bits per heavy atom. The highest BCUT2D eigenvalue weighted by Gasteiger charge is 2.19. The summed E-state index contributed by atoms with van der Waals surface area (Å²) in [7, 11) is 4.29. The first-order valence-electron chi connectivity index (χ1n) is 6.56. The van der Waals surface area contributed by atoms with Gasteiger partial charge in [0.1, 0.15) is 0 Å². The van der Waals surface area contributed by atoms with Crippen LogP contribution in [0.1, 0.15) is 18.0 Å². The second-order valence-electron chi connectivity index (χ2n) is 5.19. The van der Waals surface area contributed by atoms with Crippen molar-refractivity contribution in [3.8, 4) is 0 Å². The quantitative estimate of drug-likeness (QED) is 0.826. The molecule has 18 heavy (non-hydrogen) atoms. The second-order valence-corrected chi connectivity index (χ2v) is 5.19. The monoisotopic (exact) mass is 244 g/mol. The fraction of sp³-hybridized carbons (Fsp3) is 0.500. The van der Waals surface area contributed by atoms with Gasteiger partial charge in [0.2, 0.25) is 0 Å². The normalized spacial score (nSPS) is 22.2. The minimum Gasteiger partial charge on any atom is -0.349 e. The van der Waals surface area contributed by atoms with Crippen LogP contribution in [-0.4, -0.2) is 41.1 Å². The Labute approximate surface area is 108 Å². The number of hydrogen-bond acceptors (Lipinski definition) is 3. The number of nitrogens with one attached hydrogen (secondary N) is 1. The van der Waals surface area contributed by atoms with Crippen molar-refractivity contribution < 1.29 is 0 Å². The molecule has 0 bridgehead atoms. The average molecular weight is 244 g/mol. The van der Waals surface area contributed by atoms with E-state index < -0.39 is 0 Å². The number of likely N-dealkylation sites (N-methyl/N-ethyl adjacent to an activating group) is 1. The fourth-order valence-electron chi connectivity index (χ4n) is 2.80. The molecular formula is C14H20N4. The van der Waals surface area contributed by atoms with Crippen molar-refractivity contribution in [3.63, 3.8) is 0 Å². The van der Waals surface area contributed by atoms with E-state index in [9.17, 15) is 0 Å². The predicted octanol–water partition coefficient (Wildman–Crippen LogP) is 1.54. The number of aromatic nitrogens is 2. The smallest absolute Gasteiger partial charge is 0.0667 e. The number of nitrogens with zero attached hydrogens (tertiary/aromatic N) is 3. The molecule has 0 radical (unpaired) electrons. The summed E-state index contributed by atoms with van der Waals surface area (Å²) in [4.78, 5) is 6.60. The Morgan fingerprint density at radius 1 is 1.33 bits per heavy atom. The van der Waals surface area contributed by atoms with Crippen LogP contribution in [0.3, 0.4) is 0 Å². The molecule has 3 rings (SSSR count). The molecule has 0 saturated carbocycles. The molecule has 1 atom stereocenters. The molecule has 2 aromatic rings. The lowest BCUT2D eigenvalue weighted by Crippen LogP contribution is -2.24. The van der Waals surface area contributed by atoms with Crippen LogP contribution in [-0.2, 0) is 7.05 Å². The molecule has 0 aliphatic carbocycles. The SMILES string of the molecule is CN1CCNC(c2cn(C)c3cnccc23)CC1. The summed E-state index contributed by atoms with van der Waals surface area (Å²) < 4.78 is 2.17. The van der Waals surface area contributed by atoms with E-state index in [0.29, 0.717) is 6.04 Å². The minimum atomic E-state index is 0.459. The maximum absolute atomic E-state index is 4.21. The van der Waals surface area contributed by atoms with Crippen molar-refractivity contribution in [2.45, 2.75) is 12.5 Å². The first-order valence-corrected chi connectivity index (χ1v) is 6.56. The largest absolute Gasteiger partial charge is 0.349 e. The molecule has 1 saturated heterocycles. The van der Waals surface area contributed by atoms with Gasteiger partial charge in [0.25, 0.3) is 0 Å². The molecule has 0 spiro atoms. The van der Waals surface area contributed by atoms with Gasteiger partial charge in [-0.05, 0) is 31.6 Å².